The molecule has 0 radical (unpaired) electrons. The predicted octanol–water partition coefficient (Wildman–Crippen LogP) is 3.65. The van der Waals surface area contributed by atoms with Crippen LogP contribution in [0.3, 0.4) is 0 Å². The van der Waals surface area contributed by atoms with Gasteiger partial charge in [0.15, 0.2) is 0 Å². The summed E-state index contributed by atoms with van der Waals surface area (Å²) in [6.07, 6.45) is -3.42. The van der Waals surface area contributed by atoms with Gasteiger partial charge < -0.3 is 5.11 Å². The van der Waals surface area contributed by atoms with Crippen LogP contribution < -0.4 is 0 Å². The number of aromatic nitrogens is 2. The number of nitrogens with zero attached hydrogens (tertiary/aromatic N) is 2. The highest BCUT2D eigenvalue weighted by atomic mass is 35.5. The lowest BCUT2D eigenvalue weighted by atomic mass is 9.78. The van der Waals surface area contributed by atoms with E-state index < -0.39 is 18.2 Å². The van der Waals surface area contributed by atoms with Gasteiger partial charge in [-0.3, -0.25) is 4.68 Å². The van der Waals surface area contributed by atoms with Crippen molar-refractivity contribution in [3.05, 3.63) is 16.4 Å². The summed E-state index contributed by atoms with van der Waals surface area (Å²) in [6.45, 7) is 1.81. The summed E-state index contributed by atoms with van der Waals surface area (Å²) in [5.74, 6) is -1.32. The summed E-state index contributed by atoms with van der Waals surface area (Å²) in [5.41, 5.74) is 1.54. The van der Waals surface area contributed by atoms with Crippen molar-refractivity contribution in [1.29, 1.82) is 0 Å². The van der Waals surface area contributed by atoms with Crippen LogP contribution in [0.25, 0.3) is 0 Å². The van der Waals surface area contributed by atoms with Gasteiger partial charge in [0.05, 0.1) is 17.7 Å². The highest BCUT2D eigenvalue weighted by Gasteiger charge is 2.42. The maximum atomic E-state index is 12.6. The SMILES string of the molecule is Cc1nn(C)c(Cl)c1CC(O)C1CCC(C(F)(F)F)CC1. The Bertz CT molecular complexity index is 493. The average Bonchev–Trinajstić information content (AvgIpc) is 2.64. The maximum absolute atomic E-state index is 12.6. The number of hydrogen-bond acceptors (Lipinski definition) is 2. The van der Waals surface area contributed by atoms with Gasteiger partial charge in [0, 0.05) is 19.0 Å². The monoisotopic (exact) mass is 324 g/mol. The van der Waals surface area contributed by atoms with E-state index in [1.54, 1.807) is 11.7 Å². The fraction of sp³-hybridized carbons (Fsp3) is 0.786. The summed E-state index contributed by atoms with van der Waals surface area (Å²) < 4.78 is 39.4. The van der Waals surface area contributed by atoms with Gasteiger partial charge in [-0.15, -0.1) is 0 Å². The third-order valence-electron chi connectivity index (χ3n) is 4.46. The maximum Gasteiger partial charge on any atom is 0.391 e. The van der Waals surface area contributed by atoms with Crippen molar-refractivity contribution in [2.45, 2.75) is 51.3 Å². The van der Waals surface area contributed by atoms with Crippen molar-refractivity contribution >= 4 is 11.6 Å². The van der Waals surface area contributed by atoms with Crippen molar-refractivity contribution in [2.24, 2.45) is 18.9 Å². The van der Waals surface area contributed by atoms with Gasteiger partial charge in [0.2, 0.25) is 0 Å². The zero-order chi connectivity index (χ0) is 15.8. The van der Waals surface area contributed by atoms with E-state index in [0.717, 1.165) is 11.3 Å². The first-order valence-electron chi connectivity index (χ1n) is 7.13. The second-order valence-electron chi connectivity index (χ2n) is 5.90. The molecule has 2 rings (SSSR count). The number of hydrogen-bond donors (Lipinski definition) is 1. The van der Waals surface area contributed by atoms with Crippen LogP contribution in [0.5, 0.6) is 0 Å². The molecule has 21 heavy (non-hydrogen) atoms. The number of alkyl halides is 3. The third kappa shape index (κ3) is 3.72. The normalized spacial score (nSPS) is 25.1. The van der Waals surface area contributed by atoms with Crippen LogP contribution in [0.2, 0.25) is 5.15 Å². The molecule has 1 aliphatic carbocycles. The lowest BCUT2D eigenvalue weighted by Gasteiger charge is -2.32. The van der Waals surface area contributed by atoms with E-state index >= 15 is 0 Å². The summed E-state index contributed by atoms with van der Waals surface area (Å²) in [5, 5.41) is 15.0. The van der Waals surface area contributed by atoms with Gasteiger partial charge in [0.1, 0.15) is 5.15 Å². The number of aryl methyl sites for hydroxylation is 2. The largest absolute Gasteiger partial charge is 0.392 e. The molecule has 1 saturated carbocycles. The van der Waals surface area contributed by atoms with Gasteiger partial charge in [-0.05, 0) is 38.5 Å². The number of aliphatic hydroxyl groups is 1. The average molecular weight is 325 g/mol. The Balaban J connectivity index is 1.95. The van der Waals surface area contributed by atoms with E-state index in [-0.39, 0.29) is 18.8 Å². The standard InChI is InChI=1S/C14H20ClF3N2O/c1-8-11(13(15)20(2)19-8)7-12(21)9-3-5-10(6-4-9)14(16,17)18/h9-10,12,21H,3-7H2,1-2H3. The Hall–Kier alpha value is -0.750. The lowest BCUT2D eigenvalue weighted by Crippen LogP contribution is -2.32. The van der Waals surface area contributed by atoms with Crippen molar-refractivity contribution in [3.63, 3.8) is 0 Å². The zero-order valence-corrected chi connectivity index (χ0v) is 12.9. The number of rotatable bonds is 3. The summed E-state index contributed by atoms with van der Waals surface area (Å²) in [7, 11) is 1.72. The van der Waals surface area contributed by atoms with Crippen molar-refractivity contribution in [3.8, 4) is 0 Å². The molecule has 7 heteroatoms. The van der Waals surface area contributed by atoms with E-state index in [4.69, 9.17) is 11.6 Å². The number of aliphatic hydroxyl groups excluding tert-OH is 1. The molecule has 120 valence electrons. The Labute approximate surface area is 127 Å². The minimum Gasteiger partial charge on any atom is -0.392 e. The first-order chi connectivity index (χ1) is 9.70. The van der Waals surface area contributed by atoms with Crippen molar-refractivity contribution in [1.82, 2.24) is 9.78 Å². The molecule has 0 amide bonds. The zero-order valence-electron chi connectivity index (χ0n) is 12.1. The van der Waals surface area contributed by atoms with Gasteiger partial charge in [0.25, 0.3) is 0 Å². The first kappa shape index (κ1) is 16.6. The van der Waals surface area contributed by atoms with Crippen molar-refractivity contribution in [2.75, 3.05) is 0 Å². The van der Waals surface area contributed by atoms with Crippen LogP contribution >= 0.6 is 11.6 Å². The Morgan fingerprint density at radius 1 is 1.33 bits per heavy atom. The van der Waals surface area contributed by atoms with Crippen molar-refractivity contribution < 1.29 is 18.3 Å². The molecule has 0 aliphatic heterocycles. The second kappa shape index (κ2) is 6.16. The van der Waals surface area contributed by atoms with E-state index in [9.17, 15) is 18.3 Å². The summed E-state index contributed by atoms with van der Waals surface area (Å²) >= 11 is 6.12. The van der Waals surface area contributed by atoms with E-state index in [0.29, 0.717) is 24.4 Å². The predicted molar refractivity (Wildman–Crippen MR) is 74.2 cm³/mol. The fourth-order valence-corrected chi connectivity index (χ4v) is 3.36. The first-order valence-corrected chi connectivity index (χ1v) is 7.50. The molecule has 1 aliphatic rings. The van der Waals surface area contributed by atoms with E-state index in [1.807, 2.05) is 6.92 Å². The smallest absolute Gasteiger partial charge is 0.391 e. The molecule has 0 aromatic carbocycles. The molecule has 0 saturated heterocycles. The molecule has 1 unspecified atom stereocenters. The molecule has 0 spiro atoms. The van der Waals surface area contributed by atoms with E-state index in [1.165, 1.54) is 0 Å². The molecular weight excluding hydrogens is 305 g/mol. The quantitative estimate of drug-likeness (QED) is 0.921. The molecule has 3 nitrogen and oxygen atoms in total. The number of halogens is 4. The molecule has 1 fully saturated rings. The van der Waals surface area contributed by atoms with Gasteiger partial charge >= 0.3 is 6.18 Å². The van der Waals surface area contributed by atoms with Gasteiger partial charge in [-0.1, -0.05) is 11.6 Å². The van der Waals surface area contributed by atoms with Crippen LogP contribution in [-0.2, 0) is 13.5 Å². The van der Waals surface area contributed by atoms with Crippen LogP contribution in [0.4, 0.5) is 13.2 Å². The Morgan fingerprint density at radius 3 is 2.33 bits per heavy atom. The van der Waals surface area contributed by atoms with Gasteiger partial charge in [-0.25, -0.2) is 0 Å². The van der Waals surface area contributed by atoms with Crippen LogP contribution in [0.15, 0.2) is 0 Å². The minimum atomic E-state index is -4.11. The third-order valence-corrected chi connectivity index (χ3v) is 4.93. The highest BCUT2D eigenvalue weighted by Crippen LogP contribution is 2.41. The molecule has 1 atom stereocenters. The molecule has 1 aromatic rings. The molecule has 1 heterocycles. The van der Waals surface area contributed by atoms with Crippen LogP contribution in [-0.4, -0.2) is 27.2 Å². The van der Waals surface area contributed by atoms with E-state index in [2.05, 4.69) is 5.10 Å². The molecule has 1 aromatic heterocycles. The van der Waals surface area contributed by atoms with Crippen LogP contribution in [0, 0.1) is 18.8 Å². The second-order valence-corrected chi connectivity index (χ2v) is 6.26. The highest BCUT2D eigenvalue weighted by molar-refractivity contribution is 6.30. The Kier molecular flexibility index (Phi) is 4.88. The molecular formula is C14H20ClF3N2O. The molecule has 1 N–H and O–H groups in total. The molecule has 0 bridgehead atoms. The summed E-state index contributed by atoms with van der Waals surface area (Å²) in [6, 6.07) is 0. The van der Waals surface area contributed by atoms with Gasteiger partial charge in [-0.2, -0.15) is 18.3 Å². The van der Waals surface area contributed by atoms with Crippen LogP contribution in [0.1, 0.15) is 36.9 Å². The summed E-state index contributed by atoms with van der Waals surface area (Å²) in [4.78, 5) is 0. The fourth-order valence-electron chi connectivity index (χ4n) is 3.11. The lowest BCUT2D eigenvalue weighted by molar-refractivity contribution is -0.185. The topological polar surface area (TPSA) is 38.0 Å². The Morgan fingerprint density at radius 2 is 1.90 bits per heavy atom. The minimum absolute atomic E-state index is 0.0979.